The Labute approximate surface area is 180 Å². The lowest BCUT2D eigenvalue weighted by Crippen LogP contribution is -2.06. The molecule has 7 nitrogen and oxygen atoms in total. The monoisotopic (exact) mass is 414 g/mol. The van der Waals surface area contributed by atoms with Crippen molar-refractivity contribution < 1.29 is 14.4 Å². The van der Waals surface area contributed by atoms with Crippen LogP contribution in [-0.2, 0) is 0 Å². The number of hydrogen-bond donors (Lipinski definition) is 1. The third-order valence-corrected chi connectivity index (χ3v) is 5.65. The molecule has 7 heteroatoms. The first-order valence-corrected chi connectivity index (χ1v) is 10.4. The van der Waals surface area contributed by atoms with Crippen molar-refractivity contribution in [3.63, 3.8) is 0 Å². The lowest BCUT2D eigenvalue weighted by molar-refractivity contribution is 0.241. The summed E-state index contributed by atoms with van der Waals surface area (Å²) in [7, 11) is 0. The summed E-state index contributed by atoms with van der Waals surface area (Å²) in [5.41, 5.74) is 5.48. The molecular weight excluding hydrogens is 392 g/mol. The molecule has 1 N–H and O–H groups in total. The fourth-order valence-electron chi connectivity index (χ4n) is 4.33. The quantitative estimate of drug-likeness (QED) is 0.655. The van der Waals surface area contributed by atoms with E-state index in [1.54, 1.807) is 12.1 Å². The Morgan fingerprint density at radius 2 is 2.10 bits per heavy atom. The molecule has 0 aliphatic heterocycles. The first-order chi connectivity index (χ1) is 15.1. The van der Waals surface area contributed by atoms with E-state index in [2.05, 4.69) is 27.3 Å². The Kier molecular flexibility index (Phi) is 4.79. The van der Waals surface area contributed by atoms with Crippen LogP contribution in [0.25, 0.3) is 22.8 Å². The number of benzene rings is 2. The van der Waals surface area contributed by atoms with Gasteiger partial charge in [0.05, 0.1) is 24.8 Å². The van der Waals surface area contributed by atoms with Crippen molar-refractivity contribution in [3.05, 3.63) is 53.1 Å². The van der Waals surface area contributed by atoms with Crippen LogP contribution in [0.3, 0.4) is 0 Å². The van der Waals surface area contributed by atoms with E-state index < -0.39 is 0 Å². The van der Waals surface area contributed by atoms with Gasteiger partial charge in [-0.25, -0.2) is 0 Å². The summed E-state index contributed by atoms with van der Waals surface area (Å²) in [6, 6.07) is 13.5. The number of rotatable bonds is 6. The molecule has 31 heavy (non-hydrogen) atoms. The van der Waals surface area contributed by atoms with Crippen molar-refractivity contribution >= 4 is 5.71 Å². The molecule has 2 atom stereocenters. The second-order valence-corrected chi connectivity index (χ2v) is 8.12. The predicted molar refractivity (Wildman–Crippen MR) is 115 cm³/mol. The average molecular weight is 414 g/mol. The minimum absolute atomic E-state index is 0.0230. The number of aromatic nitrogens is 2. The summed E-state index contributed by atoms with van der Waals surface area (Å²) >= 11 is 0. The van der Waals surface area contributed by atoms with Gasteiger partial charge in [-0.15, -0.1) is 0 Å². The van der Waals surface area contributed by atoms with Crippen LogP contribution in [-0.4, -0.2) is 40.2 Å². The second-order valence-electron chi connectivity index (χ2n) is 8.12. The molecule has 156 valence electrons. The van der Waals surface area contributed by atoms with Gasteiger partial charge < -0.3 is 14.4 Å². The third-order valence-electron chi connectivity index (χ3n) is 5.65. The van der Waals surface area contributed by atoms with Gasteiger partial charge >= 0.3 is 0 Å². The zero-order valence-electron chi connectivity index (χ0n) is 17.4. The Morgan fingerprint density at radius 1 is 1.26 bits per heavy atom. The molecule has 0 radical (unpaired) electrons. The SMILES string of the molecule is CC(C)Oc1ccc(-c2nc(-c3cccc4c3C3CC3C4=NCCO)no2)cc1C#N. The van der Waals surface area contributed by atoms with Gasteiger partial charge in [0, 0.05) is 28.3 Å². The van der Waals surface area contributed by atoms with Gasteiger partial charge in [-0.3, -0.25) is 4.99 Å². The largest absolute Gasteiger partial charge is 0.490 e. The highest BCUT2D eigenvalue weighted by atomic mass is 16.5. The van der Waals surface area contributed by atoms with Gasteiger partial charge in [0.2, 0.25) is 5.82 Å². The normalized spacial score (nSPS) is 19.9. The fourth-order valence-corrected chi connectivity index (χ4v) is 4.33. The van der Waals surface area contributed by atoms with Crippen molar-refractivity contribution in [2.45, 2.75) is 32.3 Å². The molecule has 0 saturated heterocycles. The first-order valence-electron chi connectivity index (χ1n) is 10.4. The molecule has 5 rings (SSSR count). The smallest absolute Gasteiger partial charge is 0.258 e. The van der Waals surface area contributed by atoms with E-state index in [9.17, 15) is 5.26 Å². The van der Waals surface area contributed by atoms with E-state index in [1.165, 1.54) is 5.56 Å². The summed E-state index contributed by atoms with van der Waals surface area (Å²) in [6.45, 7) is 4.31. The summed E-state index contributed by atoms with van der Waals surface area (Å²) in [5.74, 6) is 2.29. The maximum absolute atomic E-state index is 9.49. The molecule has 0 amide bonds. The summed E-state index contributed by atoms with van der Waals surface area (Å²) in [5, 5.41) is 22.9. The standard InChI is InChI=1S/C24H22N4O3/c1-13(2)30-20-7-6-14(10-15(20)12-25)24-27-23(28-31-24)17-5-3-4-16-21(17)18-11-19(18)22(16)26-8-9-29/h3-7,10,13,18-19,29H,8-9,11H2,1-2H3. The van der Waals surface area contributed by atoms with Crippen molar-refractivity contribution in [2.24, 2.45) is 10.9 Å². The molecule has 2 aliphatic carbocycles. The third kappa shape index (κ3) is 3.39. The maximum Gasteiger partial charge on any atom is 0.258 e. The van der Waals surface area contributed by atoms with Gasteiger partial charge in [-0.05, 0) is 49.9 Å². The second kappa shape index (κ2) is 7.64. The maximum atomic E-state index is 9.49. The average Bonchev–Trinajstić information content (AvgIpc) is 3.27. The van der Waals surface area contributed by atoms with Crippen molar-refractivity contribution in [1.82, 2.24) is 10.1 Å². The van der Waals surface area contributed by atoms with Crippen LogP contribution >= 0.6 is 0 Å². The molecule has 1 heterocycles. The van der Waals surface area contributed by atoms with Gasteiger partial charge in [-0.1, -0.05) is 23.4 Å². The number of fused-ring (bicyclic) bond motifs is 3. The number of aliphatic hydroxyl groups is 1. The highest BCUT2D eigenvalue weighted by molar-refractivity contribution is 6.11. The van der Waals surface area contributed by atoms with E-state index in [1.807, 2.05) is 32.0 Å². The predicted octanol–water partition coefficient (Wildman–Crippen LogP) is 3.96. The Balaban J connectivity index is 1.50. The number of nitriles is 1. The Morgan fingerprint density at radius 3 is 2.87 bits per heavy atom. The zero-order valence-corrected chi connectivity index (χ0v) is 17.4. The van der Waals surface area contributed by atoms with Crippen LogP contribution in [0.2, 0.25) is 0 Å². The zero-order chi connectivity index (χ0) is 21.5. The highest BCUT2D eigenvalue weighted by Gasteiger charge is 2.51. The van der Waals surface area contributed by atoms with Gasteiger partial charge in [-0.2, -0.15) is 10.2 Å². The van der Waals surface area contributed by atoms with Crippen molar-refractivity contribution in [3.8, 4) is 34.7 Å². The van der Waals surface area contributed by atoms with Crippen molar-refractivity contribution in [2.75, 3.05) is 13.2 Å². The van der Waals surface area contributed by atoms with Gasteiger partial charge in [0.25, 0.3) is 5.89 Å². The molecule has 0 spiro atoms. The van der Waals surface area contributed by atoms with Gasteiger partial charge in [0.15, 0.2) is 0 Å². The van der Waals surface area contributed by atoms with E-state index in [0.717, 1.165) is 23.3 Å². The number of nitrogens with zero attached hydrogens (tertiary/aromatic N) is 4. The fraction of sp³-hybridized carbons (Fsp3) is 0.333. The van der Waals surface area contributed by atoms with Crippen LogP contribution < -0.4 is 4.74 Å². The Hall–Kier alpha value is -3.50. The number of aliphatic hydroxyl groups excluding tert-OH is 1. The molecule has 3 aromatic rings. The molecule has 0 bridgehead atoms. The van der Waals surface area contributed by atoms with Crippen LogP contribution in [0, 0.1) is 17.2 Å². The molecule has 2 aliphatic rings. The summed E-state index contributed by atoms with van der Waals surface area (Å²) in [4.78, 5) is 9.23. The molecule has 2 unspecified atom stereocenters. The van der Waals surface area contributed by atoms with Crippen LogP contribution in [0.4, 0.5) is 0 Å². The lowest BCUT2D eigenvalue weighted by atomic mass is 9.98. The van der Waals surface area contributed by atoms with E-state index in [4.69, 9.17) is 14.4 Å². The number of hydrogen-bond acceptors (Lipinski definition) is 7. The van der Waals surface area contributed by atoms with E-state index >= 15 is 0 Å². The summed E-state index contributed by atoms with van der Waals surface area (Å²) in [6.07, 6.45) is 1.05. The van der Waals surface area contributed by atoms with Crippen molar-refractivity contribution in [1.29, 1.82) is 5.26 Å². The number of ether oxygens (including phenoxy) is 1. The molecule has 2 aromatic carbocycles. The van der Waals surface area contributed by atoms with E-state index in [0.29, 0.717) is 47.0 Å². The molecular formula is C24H22N4O3. The minimum atomic E-state index is -0.0230. The summed E-state index contributed by atoms with van der Waals surface area (Å²) < 4.78 is 11.2. The van der Waals surface area contributed by atoms with Crippen LogP contribution in [0.5, 0.6) is 5.75 Å². The van der Waals surface area contributed by atoms with Gasteiger partial charge in [0.1, 0.15) is 11.8 Å². The van der Waals surface area contributed by atoms with Crippen LogP contribution in [0.15, 0.2) is 45.9 Å². The van der Waals surface area contributed by atoms with Crippen LogP contribution in [0.1, 0.15) is 42.9 Å². The topological polar surface area (TPSA) is 105 Å². The molecule has 1 fully saturated rings. The number of aliphatic imine (C=N–C) groups is 1. The molecule has 1 aromatic heterocycles. The highest BCUT2D eigenvalue weighted by Crippen LogP contribution is 2.58. The Bertz CT molecular complexity index is 1220. The molecule has 1 saturated carbocycles. The minimum Gasteiger partial charge on any atom is -0.490 e. The first kappa shape index (κ1) is 19.5. The lowest BCUT2D eigenvalue weighted by Gasteiger charge is -2.11. The van der Waals surface area contributed by atoms with E-state index in [-0.39, 0.29) is 12.7 Å².